The first-order chi connectivity index (χ1) is 11.4. The summed E-state index contributed by atoms with van der Waals surface area (Å²) in [6.45, 7) is 1.72. The molecule has 8 nitrogen and oxygen atoms in total. The van der Waals surface area contributed by atoms with E-state index in [1.54, 1.807) is 19.5 Å². The predicted molar refractivity (Wildman–Crippen MR) is 86.6 cm³/mol. The summed E-state index contributed by atoms with van der Waals surface area (Å²) in [7, 11) is -1.95. The summed E-state index contributed by atoms with van der Waals surface area (Å²) >= 11 is 0. The van der Waals surface area contributed by atoms with Crippen LogP contribution in [0, 0.1) is 0 Å². The van der Waals surface area contributed by atoms with Crippen LogP contribution in [-0.4, -0.2) is 48.2 Å². The van der Waals surface area contributed by atoms with Crippen molar-refractivity contribution in [2.45, 2.75) is 24.7 Å². The van der Waals surface area contributed by atoms with Crippen molar-refractivity contribution in [3.05, 3.63) is 45.6 Å². The van der Waals surface area contributed by atoms with Crippen LogP contribution in [-0.2, 0) is 29.3 Å². The number of rotatable bonds is 4. The molecule has 0 unspecified atom stereocenters. The Balaban J connectivity index is 1.83. The Labute approximate surface area is 139 Å². The topological polar surface area (TPSA) is 105 Å². The maximum atomic E-state index is 12.2. The van der Waals surface area contributed by atoms with Gasteiger partial charge in [-0.25, -0.2) is 13.4 Å². The number of hydrogen-bond acceptors (Lipinski definition) is 7. The number of aromatic amines is 1. The summed E-state index contributed by atoms with van der Waals surface area (Å²) in [6.07, 6.45) is 4.95. The first kappa shape index (κ1) is 16.6. The quantitative estimate of drug-likeness (QED) is 0.782. The number of aromatic nitrogens is 3. The maximum Gasteiger partial charge on any atom is 0.256 e. The van der Waals surface area contributed by atoms with E-state index in [1.165, 1.54) is 0 Å². The molecule has 9 heteroatoms. The van der Waals surface area contributed by atoms with Crippen molar-refractivity contribution >= 4 is 9.84 Å². The minimum absolute atomic E-state index is 0.267. The number of methoxy groups -OCH3 is 1. The van der Waals surface area contributed by atoms with E-state index in [9.17, 15) is 13.2 Å². The van der Waals surface area contributed by atoms with Gasteiger partial charge in [-0.2, -0.15) is 0 Å². The molecular formula is C15H18N4O4S. The molecule has 1 aliphatic rings. The molecule has 2 aromatic heterocycles. The fourth-order valence-electron chi connectivity index (χ4n) is 2.69. The highest BCUT2D eigenvalue weighted by atomic mass is 32.2. The second kappa shape index (κ2) is 6.33. The highest BCUT2D eigenvalue weighted by Crippen LogP contribution is 2.18. The minimum atomic E-state index is -3.53. The van der Waals surface area contributed by atoms with Crippen LogP contribution in [0.5, 0.6) is 5.75 Å². The average molecular weight is 350 g/mol. The third-order valence-corrected chi connectivity index (χ3v) is 4.78. The van der Waals surface area contributed by atoms with Crippen LogP contribution in [0.25, 0.3) is 0 Å². The molecule has 0 aromatic carbocycles. The predicted octanol–water partition coefficient (Wildman–Crippen LogP) is 0.135. The van der Waals surface area contributed by atoms with Gasteiger partial charge in [-0.3, -0.25) is 19.7 Å². The Hall–Kier alpha value is -2.26. The number of pyridine rings is 1. The van der Waals surface area contributed by atoms with Crippen LogP contribution in [0.1, 0.15) is 16.8 Å². The Morgan fingerprint density at radius 1 is 1.38 bits per heavy atom. The standard InChI is InChI=1S/C15H18N4O4S/c1-23-11-5-10(6-16-7-11)8-19-4-3-13-12(9-19)14(20)18-15(17-13)24(2,21)22/h5-7H,3-4,8-9H2,1-2H3,(H,17,18,20). The van der Waals surface area contributed by atoms with E-state index < -0.39 is 15.4 Å². The number of hydrogen-bond donors (Lipinski definition) is 1. The zero-order valence-electron chi connectivity index (χ0n) is 13.4. The van der Waals surface area contributed by atoms with E-state index in [2.05, 4.69) is 19.9 Å². The van der Waals surface area contributed by atoms with Crippen molar-refractivity contribution in [1.29, 1.82) is 0 Å². The van der Waals surface area contributed by atoms with Crippen molar-refractivity contribution < 1.29 is 13.2 Å². The maximum absolute atomic E-state index is 12.2. The Kier molecular flexibility index (Phi) is 4.37. The molecule has 0 fully saturated rings. The largest absolute Gasteiger partial charge is 0.495 e. The van der Waals surface area contributed by atoms with Crippen molar-refractivity contribution in [2.75, 3.05) is 19.9 Å². The molecule has 2 aromatic rings. The molecule has 1 N–H and O–H groups in total. The second-order valence-electron chi connectivity index (χ2n) is 5.76. The lowest BCUT2D eigenvalue weighted by atomic mass is 10.1. The van der Waals surface area contributed by atoms with Gasteiger partial charge in [-0.05, 0) is 11.6 Å². The normalized spacial score (nSPS) is 15.1. The number of sulfone groups is 1. The SMILES string of the molecule is COc1cncc(CN2CCc3nc(S(C)(=O)=O)[nH]c(=O)c3C2)c1. The lowest BCUT2D eigenvalue weighted by Crippen LogP contribution is -2.36. The van der Waals surface area contributed by atoms with E-state index in [-0.39, 0.29) is 5.16 Å². The van der Waals surface area contributed by atoms with Gasteiger partial charge < -0.3 is 4.74 Å². The van der Waals surface area contributed by atoms with E-state index >= 15 is 0 Å². The van der Waals surface area contributed by atoms with E-state index in [1.807, 2.05) is 6.07 Å². The average Bonchev–Trinajstić information content (AvgIpc) is 2.54. The van der Waals surface area contributed by atoms with Gasteiger partial charge in [0, 0.05) is 38.5 Å². The smallest absolute Gasteiger partial charge is 0.256 e. The van der Waals surface area contributed by atoms with E-state index in [0.717, 1.165) is 11.8 Å². The Morgan fingerprint density at radius 3 is 2.88 bits per heavy atom. The second-order valence-corrected chi connectivity index (χ2v) is 7.69. The van der Waals surface area contributed by atoms with Crippen molar-refractivity contribution in [3.8, 4) is 5.75 Å². The molecule has 0 amide bonds. The highest BCUT2D eigenvalue weighted by Gasteiger charge is 2.23. The zero-order valence-corrected chi connectivity index (χ0v) is 14.3. The third-order valence-electron chi connectivity index (χ3n) is 3.89. The van der Waals surface area contributed by atoms with Crippen LogP contribution in [0.15, 0.2) is 28.4 Å². The summed E-state index contributed by atoms with van der Waals surface area (Å²) in [4.78, 5) is 24.9. The number of nitrogens with zero attached hydrogens (tertiary/aromatic N) is 3. The summed E-state index contributed by atoms with van der Waals surface area (Å²) in [5.74, 6) is 0.683. The number of fused-ring (bicyclic) bond motifs is 1. The monoisotopic (exact) mass is 350 g/mol. The summed E-state index contributed by atoms with van der Waals surface area (Å²) < 4.78 is 28.3. The van der Waals surface area contributed by atoms with E-state index in [4.69, 9.17) is 4.74 Å². The van der Waals surface area contributed by atoms with Gasteiger partial charge >= 0.3 is 0 Å². The molecule has 0 radical (unpaired) electrons. The molecule has 24 heavy (non-hydrogen) atoms. The lowest BCUT2D eigenvalue weighted by molar-refractivity contribution is 0.240. The molecule has 0 saturated carbocycles. The number of H-pyrrole nitrogens is 1. The van der Waals surface area contributed by atoms with Crippen LogP contribution in [0.4, 0.5) is 0 Å². The summed E-state index contributed by atoms with van der Waals surface area (Å²) in [5, 5.41) is -0.267. The molecule has 0 saturated heterocycles. The molecular weight excluding hydrogens is 332 g/mol. The van der Waals surface area contributed by atoms with Crippen LogP contribution in [0.2, 0.25) is 0 Å². The Bertz CT molecular complexity index is 923. The van der Waals surface area contributed by atoms with Crippen LogP contribution >= 0.6 is 0 Å². The van der Waals surface area contributed by atoms with Crippen molar-refractivity contribution in [3.63, 3.8) is 0 Å². The van der Waals surface area contributed by atoms with Gasteiger partial charge in [0.1, 0.15) is 5.75 Å². The molecule has 0 bridgehead atoms. The molecule has 0 spiro atoms. The zero-order chi connectivity index (χ0) is 17.3. The molecule has 0 aliphatic carbocycles. The van der Waals surface area contributed by atoms with Crippen LogP contribution in [0.3, 0.4) is 0 Å². The first-order valence-corrected chi connectivity index (χ1v) is 9.28. The van der Waals surface area contributed by atoms with E-state index in [0.29, 0.717) is 43.1 Å². The molecule has 3 heterocycles. The summed E-state index contributed by atoms with van der Waals surface area (Å²) in [6, 6.07) is 1.90. The number of nitrogens with one attached hydrogen (secondary N) is 1. The molecule has 1 aliphatic heterocycles. The van der Waals surface area contributed by atoms with Gasteiger partial charge in [0.15, 0.2) is 0 Å². The fraction of sp³-hybridized carbons (Fsp3) is 0.400. The van der Waals surface area contributed by atoms with Gasteiger partial charge in [0.25, 0.3) is 5.56 Å². The highest BCUT2D eigenvalue weighted by molar-refractivity contribution is 7.90. The van der Waals surface area contributed by atoms with Crippen molar-refractivity contribution in [2.24, 2.45) is 0 Å². The van der Waals surface area contributed by atoms with Gasteiger partial charge in [-0.15, -0.1) is 0 Å². The third kappa shape index (κ3) is 3.46. The van der Waals surface area contributed by atoms with Gasteiger partial charge in [0.2, 0.25) is 15.0 Å². The number of ether oxygens (including phenoxy) is 1. The minimum Gasteiger partial charge on any atom is -0.495 e. The lowest BCUT2D eigenvalue weighted by Gasteiger charge is -2.27. The molecule has 128 valence electrons. The Morgan fingerprint density at radius 2 is 2.17 bits per heavy atom. The fourth-order valence-corrected chi connectivity index (χ4v) is 3.24. The molecule has 3 rings (SSSR count). The van der Waals surface area contributed by atoms with Crippen LogP contribution < -0.4 is 10.3 Å². The summed E-state index contributed by atoms with van der Waals surface area (Å²) in [5.41, 5.74) is 1.66. The van der Waals surface area contributed by atoms with Gasteiger partial charge in [0.05, 0.1) is 24.6 Å². The first-order valence-electron chi connectivity index (χ1n) is 7.39. The molecule has 0 atom stereocenters. The van der Waals surface area contributed by atoms with Crippen molar-refractivity contribution in [1.82, 2.24) is 19.9 Å². The van der Waals surface area contributed by atoms with Gasteiger partial charge in [-0.1, -0.05) is 0 Å².